The van der Waals surface area contributed by atoms with Gasteiger partial charge in [-0.2, -0.15) is 4.98 Å². The molecule has 0 spiro atoms. The lowest BCUT2D eigenvalue weighted by Gasteiger charge is -1.80. The second-order valence-electron chi connectivity index (χ2n) is 1.10. The van der Waals surface area contributed by atoms with E-state index in [0.29, 0.717) is 5.82 Å². The zero-order valence-electron chi connectivity index (χ0n) is 3.92. The molecule has 0 bridgehead atoms. The lowest BCUT2D eigenvalue weighted by molar-refractivity contribution is 0.556. The Morgan fingerprint density at radius 2 is 2.75 bits per heavy atom. The van der Waals surface area contributed by atoms with E-state index in [1.165, 1.54) is 19.1 Å². The molecular formula is C4H3N2O2. The average molecular weight is 111 g/mol. The van der Waals surface area contributed by atoms with Gasteiger partial charge >= 0.3 is 6.41 Å². The number of hydrogen-bond acceptors (Lipinski definition) is 3. The molecule has 1 aromatic heterocycles. The van der Waals surface area contributed by atoms with Crippen LogP contribution in [0.15, 0.2) is 17.1 Å². The van der Waals surface area contributed by atoms with Crippen molar-refractivity contribution >= 4 is 12.2 Å². The van der Waals surface area contributed by atoms with Crippen LogP contribution in [-0.4, -0.2) is 11.4 Å². The van der Waals surface area contributed by atoms with Crippen LogP contribution in [0.25, 0.3) is 0 Å². The first-order valence-electron chi connectivity index (χ1n) is 1.95. The van der Waals surface area contributed by atoms with Gasteiger partial charge in [0.15, 0.2) is 12.2 Å². The molecule has 0 fully saturated rings. The average Bonchev–Trinajstić information content (AvgIpc) is 2.19. The smallest absolute Gasteiger partial charge is 0.315 e. The highest BCUT2D eigenvalue weighted by molar-refractivity contribution is 5.68. The van der Waals surface area contributed by atoms with Gasteiger partial charge in [0.2, 0.25) is 0 Å². The second-order valence-corrected chi connectivity index (χ2v) is 1.10. The number of nitrogens with one attached hydrogen (secondary N) is 1. The predicted molar refractivity (Wildman–Crippen MR) is 25.8 cm³/mol. The van der Waals surface area contributed by atoms with Crippen LogP contribution < -0.4 is 5.32 Å². The Balaban J connectivity index is 2.62. The lowest BCUT2D eigenvalue weighted by atomic mass is 10.8. The number of carbonyl (C=O) groups excluding carboxylic acids is 1. The van der Waals surface area contributed by atoms with Gasteiger partial charge in [-0.05, 0) is 0 Å². The highest BCUT2D eigenvalue weighted by atomic mass is 16.3. The summed E-state index contributed by atoms with van der Waals surface area (Å²) < 4.78 is 4.51. The topological polar surface area (TPSA) is 55.1 Å². The molecule has 0 unspecified atom stereocenters. The summed E-state index contributed by atoms with van der Waals surface area (Å²) in [5.74, 6) is 0.375. The van der Waals surface area contributed by atoms with Crippen LogP contribution in [0.5, 0.6) is 0 Å². The van der Waals surface area contributed by atoms with Gasteiger partial charge < -0.3 is 4.42 Å². The number of aromatic nitrogens is 1. The van der Waals surface area contributed by atoms with Crippen molar-refractivity contribution in [2.24, 2.45) is 0 Å². The monoisotopic (exact) mass is 111 g/mol. The van der Waals surface area contributed by atoms with Crippen LogP contribution in [0.4, 0.5) is 5.82 Å². The minimum Gasteiger partial charge on any atom is -0.449 e. The molecule has 0 saturated heterocycles. The molecule has 0 atom stereocenters. The van der Waals surface area contributed by atoms with Crippen molar-refractivity contribution in [3.63, 3.8) is 0 Å². The van der Waals surface area contributed by atoms with E-state index in [1.807, 2.05) is 0 Å². The molecular weight excluding hydrogens is 108 g/mol. The van der Waals surface area contributed by atoms with Crippen LogP contribution >= 0.6 is 0 Å². The van der Waals surface area contributed by atoms with Crippen molar-refractivity contribution < 1.29 is 9.21 Å². The Morgan fingerprint density at radius 1 is 1.88 bits per heavy atom. The molecule has 1 aromatic rings. The third-order valence-corrected chi connectivity index (χ3v) is 0.611. The third-order valence-electron chi connectivity index (χ3n) is 0.611. The largest absolute Gasteiger partial charge is 0.449 e. The molecule has 0 aliphatic carbocycles. The Hall–Kier alpha value is -1.32. The Labute approximate surface area is 45.5 Å². The van der Waals surface area contributed by atoms with E-state index in [0.717, 1.165) is 0 Å². The van der Waals surface area contributed by atoms with Gasteiger partial charge in [0.1, 0.15) is 6.26 Å². The molecule has 41 valence electrons. The van der Waals surface area contributed by atoms with Crippen molar-refractivity contribution in [2.45, 2.75) is 0 Å². The number of anilines is 1. The summed E-state index contributed by atoms with van der Waals surface area (Å²) in [5.41, 5.74) is 0. The number of amides is 1. The number of nitrogens with zero attached hydrogens (tertiary/aromatic N) is 1. The third kappa shape index (κ3) is 0.841. The maximum absolute atomic E-state index is 9.55. The number of rotatable bonds is 2. The molecule has 0 aromatic carbocycles. The van der Waals surface area contributed by atoms with Crippen molar-refractivity contribution in [2.75, 3.05) is 5.32 Å². The summed E-state index contributed by atoms with van der Waals surface area (Å²) in [6.45, 7) is 0. The van der Waals surface area contributed by atoms with E-state index in [2.05, 4.69) is 14.7 Å². The molecule has 4 nitrogen and oxygen atoms in total. The zero-order chi connectivity index (χ0) is 5.82. The standard InChI is InChI=1S/C4H3N2O2/c7-2-5-4-1-8-3-6-4/h1,3H,(H,5,7). The second kappa shape index (κ2) is 2.11. The van der Waals surface area contributed by atoms with Crippen molar-refractivity contribution in [3.8, 4) is 0 Å². The zero-order valence-corrected chi connectivity index (χ0v) is 3.92. The van der Waals surface area contributed by atoms with E-state index in [-0.39, 0.29) is 0 Å². The highest BCUT2D eigenvalue weighted by Crippen LogP contribution is 1.97. The van der Waals surface area contributed by atoms with Crippen molar-refractivity contribution in [3.05, 3.63) is 12.7 Å². The Kier molecular flexibility index (Phi) is 1.27. The van der Waals surface area contributed by atoms with E-state index in [4.69, 9.17) is 0 Å². The minimum absolute atomic E-state index is 0.375. The fourth-order valence-electron chi connectivity index (χ4n) is 0.327. The summed E-state index contributed by atoms with van der Waals surface area (Å²) in [7, 11) is 0. The maximum atomic E-state index is 9.55. The first kappa shape index (κ1) is 4.83. The van der Waals surface area contributed by atoms with Crippen molar-refractivity contribution in [1.29, 1.82) is 0 Å². The Bertz CT molecular complexity index is 159. The summed E-state index contributed by atoms with van der Waals surface area (Å²) in [6, 6.07) is 0. The van der Waals surface area contributed by atoms with Gasteiger partial charge in [0.25, 0.3) is 0 Å². The van der Waals surface area contributed by atoms with Crippen LogP contribution in [0.3, 0.4) is 0 Å². The van der Waals surface area contributed by atoms with Gasteiger partial charge in [-0.15, -0.1) is 0 Å². The van der Waals surface area contributed by atoms with E-state index in [9.17, 15) is 4.79 Å². The molecule has 1 N–H and O–H groups in total. The quantitative estimate of drug-likeness (QED) is 0.553. The van der Waals surface area contributed by atoms with E-state index in [1.54, 1.807) is 0 Å². The SMILES string of the molecule is O=[C]Nc1cocn1. The van der Waals surface area contributed by atoms with Crippen molar-refractivity contribution in [1.82, 2.24) is 4.98 Å². The lowest BCUT2D eigenvalue weighted by Crippen LogP contribution is -1.91. The summed E-state index contributed by atoms with van der Waals surface area (Å²) in [5, 5.41) is 2.18. The first-order valence-corrected chi connectivity index (χ1v) is 1.95. The van der Waals surface area contributed by atoms with Crippen LogP contribution in [0, 0.1) is 0 Å². The highest BCUT2D eigenvalue weighted by Gasteiger charge is 1.88. The molecule has 1 amide bonds. The van der Waals surface area contributed by atoms with Crippen LogP contribution in [-0.2, 0) is 4.79 Å². The fourth-order valence-corrected chi connectivity index (χ4v) is 0.327. The van der Waals surface area contributed by atoms with Gasteiger partial charge in [-0.1, -0.05) is 0 Å². The molecule has 1 rings (SSSR count). The fraction of sp³-hybridized carbons (Fsp3) is 0. The van der Waals surface area contributed by atoms with Crippen LogP contribution in [0.1, 0.15) is 0 Å². The maximum Gasteiger partial charge on any atom is 0.315 e. The Morgan fingerprint density at radius 3 is 3.25 bits per heavy atom. The van der Waals surface area contributed by atoms with Gasteiger partial charge in [0, 0.05) is 0 Å². The molecule has 4 heteroatoms. The molecule has 0 aliphatic rings. The predicted octanol–water partition coefficient (Wildman–Crippen LogP) is 0.154. The van der Waals surface area contributed by atoms with E-state index >= 15 is 0 Å². The molecule has 1 heterocycles. The summed E-state index contributed by atoms with van der Waals surface area (Å²) in [6.07, 6.45) is 3.98. The number of oxazole rings is 1. The van der Waals surface area contributed by atoms with Gasteiger partial charge in [-0.25, -0.2) is 0 Å². The summed E-state index contributed by atoms with van der Waals surface area (Å²) >= 11 is 0. The molecule has 0 aliphatic heterocycles. The molecule has 1 radical (unpaired) electrons. The normalized spacial score (nSPS) is 8.50. The molecule has 8 heavy (non-hydrogen) atoms. The number of hydrogen-bond donors (Lipinski definition) is 1. The van der Waals surface area contributed by atoms with E-state index < -0.39 is 0 Å². The minimum atomic E-state index is 0.375. The van der Waals surface area contributed by atoms with Crippen LogP contribution in [0.2, 0.25) is 0 Å². The van der Waals surface area contributed by atoms with Gasteiger partial charge in [-0.3, -0.25) is 10.1 Å². The van der Waals surface area contributed by atoms with Gasteiger partial charge in [0.05, 0.1) is 0 Å². The summed E-state index contributed by atoms with van der Waals surface area (Å²) in [4.78, 5) is 13.1. The first-order chi connectivity index (χ1) is 3.93. The molecule has 0 saturated carbocycles.